The highest BCUT2D eigenvalue weighted by atomic mass is 79.9. The number of hydrogen-bond acceptors (Lipinski definition) is 5. The summed E-state index contributed by atoms with van der Waals surface area (Å²) in [5.74, 6) is 1.45. The van der Waals surface area contributed by atoms with Crippen molar-refractivity contribution in [3.8, 4) is 17.2 Å². The van der Waals surface area contributed by atoms with Gasteiger partial charge < -0.3 is 15.2 Å². The molecule has 4 rings (SSSR count). The van der Waals surface area contributed by atoms with Crippen molar-refractivity contribution in [2.75, 3.05) is 18.9 Å². The van der Waals surface area contributed by atoms with E-state index in [0.717, 1.165) is 26.9 Å². The van der Waals surface area contributed by atoms with E-state index in [-0.39, 0.29) is 0 Å². The zero-order chi connectivity index (χ0) is 14.4. The van der Waals surface area contributed by atoms with Crippen LogP contribution in [-0.2, 0) is 0 Å². The van der Waals surface area contributed by atoms with E-state index in [2.05, 4.69) is 26.1 Å². The van der Waals surface area contributed by atoms with Crippen LogP contribution in [0.1, 0.15) is 0 Å². The van der Waals surface area contributed by atoms with Crippen molar-refractivity contribution in [2.45, 2.75) is 0 Å². The molecule has 106 valence electrons. The minimum Gasteiger partial charge on any atom is -0.486 e. The highest BCUT2D eigenvalue weighted by molar-refractivity contribution is 9.10. The summed E-state index contributed by atoms with van der Waals surface area (Å²) >= 11 is 3.39. The average Bonchev–Trinajstić information content (AvgIpc) is 2.90. The number of benzene rings is 2. The Kier molecular flexibility index (Phi) is 2.75. The summed E-state index contributed by atoms with van der Waals surface area (Å²) in [5, 5.41) is 8.90. The Morgan fingerprint density at radius 3 is 2.52 bits per heavy atom. The van der Waals surface area contributed by atoms with Gasteiger partial charge in [0.1, 0.15) is 24.2 Å². The Bertz CT molecular complexity index is 807. The zero-order valence-electron chi connectivity index (χ0n) is 10.9. The van der Waals surface area contributed by atoms with Gasteiger partial charge in [-0.1, -0.05) is 0 Å². The molecule has 3 aromatic rings. The molecule has 0 saturated carbocycles. The molecule has 0 fully saturated rings. The maximum Gasteiger partial charge on any atom is 0.163 e. The molecule has 0 bridgehead atoms. The lowest BCUT2D eigenvalue weighted by molar-refractivity contribution is 0.171. The summed E-state index contributed by atoms with van der Waals surface area (Å²) in [6.07, 6.45) is 0. The summed E-state index contributed by atoms with van der Waals surface area (Å²) in [6, 6.07) is 9.27. The van der Waals surface area contributed by atoms with E-state index in [9.17, 15) is 0 Å². The van der Waals surface area contributed by atoms with Gasteiger partial charge in [-0.3, -0.25) is 0 Å². The Balaban J connectivity index is 1.82. The highest BCUT2D eigenvalue weighted by Gasteiger charge is 2.14. The van der Waals surface area contributed by atoms with Gasteiger partial charge in [-0.05, 0) is 40.2 Å². The monoisotopic (exact) mass is 346 g/mol. The van der Waals surface area contributed by atoms with Crippen molar-refractivity contribution in [3.05, 3.63) is 34.8 Å². The number of nitrogens with zero attached hydrogens (tertiary/aromatic N) is 3. The second-order valence-corrected chi connectivity index (χ2v) is 5.53. The molecule has 0 amide bonds. The second kappa shape index (κ2) is 4.63. The molecule has 1 aliphatic heterocycles. The Hall–Kier alpha value is -2.28. The molecule has 21 heavy (non-hydrogen) atoms. The summed E-state index contributed by atoms with van der Waals surface area (Å²) < 4.78 is 11.9. The van der Waals surface area contributed by atoms with E-state index in [1.807, 2.05) is 24.3 Å². The molecule has 2 heterocycles. The minimum absolute atomic E-state index is 0.550. The van der Waals surface area contributed by atoms with Crippen LogP contribution in [0.2, 0.25) is 0 Å². The number of rotatable bonds is 1. The molecule has 6 nitrogen and oxygen atoms in total. The molecule has 7 heteroatoms. The van der Waals surface area contributed by atoms with Gasteiger partial charge in [-0.2, -0.15) is 4.80 Å². The molecule has 0 aliphatic carbocycles. The molecule has 2 N–H and O–H groups in total. The van der Waals surface area contributed by atoms with Crippen molar-refractivity contribution in [2.24, 2.45) is 0 Å². The van der Waals surface area contributed by atoms with Gasteiger partial charge in [0, 0.05) is 16.2 Å². The zero-order valence-corrected chi connectivity index (χ0v) is 12.5. The fourth-order valence-corrected chi connectivity index (χ4v) is 2.56. The van der Waals surface area contributed by atoms with Crippen LogP contribution in [-0.4, -0.2) is 28.2 Å². The Morgan fingerprint density at radius 1 is 1.00 bits per heavy atom. The Morgan fingerprint density at radius 2 is 1.71 bits per heavy atom. The Labute approximate surface area is 128 Å². The number of halogens is 1. The lowest BCUT2D eigenvalue weighted by atomic mass is 10.2. The molecular weight excluding hydrogens is 336 g/mol. The van der Waals surface area contributed by atoms with Crippen LogP contribution in [0.25, 0.3) is 16.7 Å². The molecule has 1 aromatic heterocycles. The molecule has 1 aliphatic rings. The van der Waals surface area contributed by atoms with Crippen molar-refractivity contribution < 1.29 is 9.47 Å². The number of ether oxygens (including phenoxy) is 2. The van der Waals surface area contributed by atoms with Gasteiger partial charge in [0.2, 0.25) is 0 Å². The number of aromatic nitrogens is 3. The van der Waals surface area contributed by atoms with Gasteiger partial charge in [-0.15, -0.1) is 10.2 Å². The number of fused-ring (bicyclic) bond motifs is 2. The van der Waals surface area contributed by atoms with Gasteiger partial charge in [0.05, 0.1) is 5.69 Å². The number of hydrogen-bond donors (Lipinski definition) is 1. The van der Waals surface area contributed by atoms with Gasteiger partial charge in [-0.25, -0.2) is 0 Å². The fraction of sp³-hybridized carbons (Fsp3) is 0.143. The topological polar surface area (TPSA) is 75.2 Å². The first-order chi connectivity index (χ1) is 10.2. The third kappa shape index (κ3) is 2.09. The minimum atomic E-state index is 0.550. The summed E-state index contributed by atoms with van der Waals surface area (Å²) in [5.41, 5.74) is 8.82. The molecule has 0 unspecified atom stereocenters. The third-order valence-corrected chi connectivity index (χ3v) is 3.94. The normalized spacial score (nSPS) is 13.6. The van der Waals surface area contributed by atoms with Crippen molar-refractivity contribution in [1.29, 1.82) is 0 Å². The van der Waals surface area contributed by atoms with Crippen LogP contribution >= 0.6 is 15.9 Å². The first-order valence-corrected chi connectivity index (χ1v) is 7.22. The van der Waals surface area contributed by atoms with Crippen LogP contribution in [0.3, 0.4) is 0 Å². The van der Waals surface area contributed by atoms with Crippen LogP contribution in [0.4, 0.5) is 5.69 Å². The van der Waals surface area contributed by atoms with Gasteiger partial charge in [0.15, 0.2) is 11.5 Å². The third-order valence-electron chi connectivity index (χ3n) is 3.26. The molecule has 0 radical (unpaired) electrons. The van der Waals surface area contributed by atoms with Gasteiger partial charge in [0.25, 0.3) is 0 Å². The van der Waals surface area contributed by atoms with Crippen molar-refractivity contribution in [1.82, 2.24) is 15.0 Å². The number of nitrogen functional groups attached to an aromatic ring is 1. The van der Waals surface area contributed by atoms with Crippen LogP contribution in [0, 0.1) is 0 Å². The predicted octanol–water partition coefficient (Wildman–Crippen LogP) is 2.54. The number of anilines is 1. The predicted molar refractivity (Wildman–Crippen MR) is 82.0 cm³/mol. The first kappa shape index (κ1) is 12.5. The van der Waals surface area contributed by atoms with E-state index >= 15 is 0 Å². The van der Waals surface area contributed by atoms with Crippen molar-refractivity contribution in [3.63, 3.8) is 0 Å². The summed E-state index contributed by atoms with van der Waals surface area (Å²) in [4.78, 5) is 1.56. The molecule has 0 atom stereocenters. The summed E-state index contributed by atoms with van der Waals surface area (Å²) in [6.45, 7) is 1.12. The molecule has 0 spiro atoms. The maximum atomic E-state index is 5.86. The molecular formula is C14H11BrN4O2. The molecule has 0 saturated heterocycles. The van der Waals surface area contributed by atoms with Crippen molar-refractivity contribution >= 4 is 32.7 Å². The van der Waals surface area contributed by atoms with E-state index in [1.54, 1.807) is 10.9 Å². The lowest BCUT2D eigenvalue weighted by Gasteiger charge is -2.18. The SMILES string of the molecule is Nc1cc2nn(-c3ccc4c(c3)OCCO4)nc2cc1Br. The quantitative estimate of drug-likeness (QED) is 0.685. The second-order valence-electron chi connectivity index (χ2n) is 4.68. The van der Waals surface area contributed by atoms with E-state index in [4.69, 9.17) is 15.2 Å². The maximum absolute atomic E-state index is 5.86. The fourth-order valence-electron chi connectivity index (χ4n) is 2.23. The number of nitrogens with two attached hydrogens (primary N) is 1. The lowest BCUT2D eigenvalue weighted by Crippen LogP contribution is -2.15. The van der Waals surface area contributed by atoms with Crippen LogP contribution in [0.5, 0.6) is 11.5 Å². The standard InChI is InChI=1S/C14H11BrN4O2/c15-9-6-11-12(7-10(9)16)18-19(17-11)8-1-2-13-14(5-8)21-4-3-20-13/h1-2,5-7H,3-4,16H2. The van der Waals surface area contributed by atoms with E-state index < -0.39 is 0 Å². The summed E-state index contributed by atoms with van der Waals surface area (Å²) in [7, 11) is 0. The molecule has 2 aromatic carbocycles. The van der Waals surface area contributed by atoms with Crippen LogP contribution in [0.15, 0.2) is 34.8 Å². The average molecular weight is 347 g/mol. The van der Waals surface area contributed by atoms with E-state index in [1.165, 1.54) is 0 Å². The van der Waals surface area contributed by atoms with Crippen LogP contribution < -0.4 is 15.2 Å². The van der Waals surface area contributed by atoms with Gasteiger partial charge >= 0.3 is 0 Å². The first-order valence-electron chi connectivity index (χ1n) is 6.43. The largest absolute Gasteiger partial charge is 0.486 e. The van der Waals surface area contributed by atoms with E-state index in [0.29, 0.717) is 24.7 Å². The highest BCUT2D eigenvalue weighted by Crippen LogP contribution is 2.32. The smallest absolute Gasteiger partial charge is 0.163 e.